The summed E-state index contributed by atoms with van der Waals surface area (Å²) in [6.45, 7) is 0.314. The zero-order valence-corrected chi connectivity index (χ0v) is 12.1. The van der Waals surface area contributed by atoms with Crippen molar-refractivity contribution >= 4 is 5.91 Å². The molecule has 3 heteroatoms. The Morgan fingerprint density at radius 1 is 1.14 bits per heavy atom. The molecule has 2 unspecified atom stereocenters. The highest BCUT2D eigenvalue weighted by atomic mass is 19.1. The lowest BCUT2D eigenvalue weighted by Crippen LogP contribution is -2.25. The van der Waals surface area contributed by atoms with Gasteiger partial charge in [0.2, 0.25) is 5.91 Å². The van der Waals surface area contributed by atoms with E-state index in [1.54, 1.807) is 18.2 Å². The van der Waals surface area contributed by atoms with Crippen molar-refractivity contribution in [3.8, 4) is 11.8 Å². The highest BCUT2D eigenvalue weighted by Gasteiger charge is 2.44. The normalized spacial score (nSPS) is 19.0. The Morgan fingerprint density at radius 3 is 2.64 bits per heavy atom. The molecule has 0 radical (unpaired) electrons. The van der Waals surface area contributed by atoms with Crippen LogP contribution in [0.15, 0.2) is 54.6 Å². The van der Waals surface area contributed by atoms with Gasteiger partial charge in [0, 0.05) is 11.5 Å². The van der Waals surface area contributed by atoms with Gasteiger partial charge in [-0.05, 0) is 36.1 Å². The van der Waals surface area contributed by atoms with Gasteiger partial charge in [0.25, 0.3) is 0 Å². The Morgan fingerprint density at radius 2 is 1.86 bits per heavy atom. The third kappa shape index (κ3) is 3.35. The average Bonchev–Trinajstić information content (AvgIpc) is 3.33. The second-order valence-corrected chi connectivity index (χ2v) is 5.36. The minimum atomic E-state index is -0.230. The first kappa shape index (κ1) is 14.3. The monoisotopic (exact) mass is 293 g/mol. The van der Waals surface area contributed by atoms with Crippen LogP contribution < -0.4 is 5.32 Å². The predicted molar refractivity (Wildman–Crippen MR) is 83.6 cm³/mol. The fraction of sp³-hybridized carbons (Fsp3) is 0.211. The summed E-state index contributed by atoms with van der Waals surface area (Å²) in [5, 5.41) is 2.80. The molecular weight excluding hydrogens is 277 g/mol. The van der Waals surface area contributed by atoms with Crippen molar-refractivity contribution in [2.24, 2.45) is 5.92 Å². The largest absolute Gasteiger partial charge is 0.345 e. The number of hydrogen-bond donors (Lipinski definition) is 1. The van der Waals surface area contributed by atoms with Crippen LogP contribution in [-0.2, 0) is 4.79 Å². The summed E-state index contributed by atoms with van der Waals surface area (Å²) in [5.41, 5.74) is 1.56. The van der Waals surface area contributed by atoms with Crippen LogP contribution in [0.5, 0.6) is 0 Å². The molecular formula is C19H16FNO. The van der Waals surface area contributed by atoms with Gasteiger partial charge >= 0.3 is 0 Å². The van der Waals surface area contributed by atoms with E-state index >= 15 is 0 Å². The van der Waals surface area contributed by atoms with Gasteiger partial charge in [-0.15, -0.1) is 0 Å². The van der Waals surface area contributed by atoms with E-state index in [0.717, 1.165) is 5.56 Å². The van der Waals surface area contributed by atoms with Crippen molar-refractivity contribution in [1.29, 1.82) is 0 Å². The van der Waals surface area contributed by atoms with Crippen LogP contribution in [-0.4, -0.2) is 12.5 Å². The topological polar surface area (TPSA) is 29.1 Å². The number of amides is 1. The van der Waals surface area contributed by atoms with Crippen molar-refractivity contribution in [1.82, 2.24) is 5.32 Å². The molecule has 110 valence electrons. The van der Waals surface area contributed by atoms with Crippen LogP contribution >= 0.6 is 0 Å². The summed E-state index contributed by atoms with van der Waals surface area (Å²) < 4.78 is 13.7. The highest BCUT2D eigenvalue weighted by molar-refractivity contribution is 5.83. The molecule has 1 amide bonds. The number of nitrogens with one attached hydrogen (secondary N) is 1. The maximum atomic E-state index is 13.7. The number of halogens is 1. The van der Waals surface area contributed by atoms with Crippen molar-refractivity contribution < 1.29 is 9.18 Å². The van der Waals surface area contributed by atoms with E-state index in [2.05, 4.69) is 17.2 Å². The maximum Gasteiger partial charge on any atom is 0.224 e. The Hall–Kier alpha value is -2.60. The van der Waals surface area contributed by atoms with Crippen LogP contribution in [0, 0.1) is 23.6 Å². The molecule has 0 saturated heterocycles. The average molecular weight is 293 g/mol. The smallest absolute Gasteiger partial charge is 0.224 e. The first-order valence-corrected chi connectivity index (χ1v) is 7.32. The molecule has 0 aromatic heterocycles. The Labute approximate surface area is 129 Å². The van der Waals surface area contributed by atoms with E-state index in [-0.39, 0.29) is 23.6 Å². The summed E-state index contributed by atoms with van der Waals surface area (Å²) in [5.74, 6) is 5.51. The lowest BCUT2D eigenvalue weighted by Gasteiger charge is -2.02. The van der Waals surface area contributed by atoms with Crippen LogP contribution in [0.3, 0.4) is 0 Å². The van der Waals surface area contributed by atoms with Gasteiger partial charge in [-0.25, -0.2) is 4.39 Å². The minimum Gasteiger partial charge on any atom is -0.345 e. The zero-order valence-electron chi connectivity index (χ0n) is 12.1. The van der Waals surface area contributed by atoms with Gasteiger partial charge in [0.1, 0.15) is 5.82 Å². The molecule has 1 aliphatic rings. The Bertz CT molecular complexity index is 730. The molecule has 1 N–H and O–H groups in total. The standard InChI is InChI=1S/C19H16FNO/c20-18-11-5-4-10-15(18)16-13-17(16)19(22)21-12-6-9-14-7-2-1-3-8-14/h1-5,7-8,10-11,16-17H,12-13H2,(H,21,22). The van der Waals surface area contributed by atoms with Gasteiger partial charge in [0.15, 0.2) is 0 Å². The Balaban J connectivity index is 1.50. The van der Waals surface area contributed by atoms with Crippen LogP contribution in [0.2, 0.25) is 0 Å². The lowest BCUT2D eigenvalue weighted by atomic mass is 10.1. The summed E-state index contributed by atoms with van der Waals surface area (Å²) in [7, 11) is 0. The van der Waals surface area contributed by atoms with E-state index in [0.29, 0.717) is 18.5 Å². The molecule has 0 aliphatic heterocycles. The predicted octanol–water partition coefficient (Wildman–Crippen LogP) is 3.10. The van der Waals surface area contributed by atoms with Crippen molar-refractivity contribution in [3.63, 3.8) is 0 Å². The molecule has 3 rings (SSSR count). The number of carbonyl (C=O) groups is 1. The summed E-state index contributed by atoms with van der Waals surface area (Å²) in [6.07, 6.45) is 0.707. The highest BCUT2D eigenvalue weighted by Crippen LogP contribution is 2.48. The van der Waals surface area contributed by atoms with Gasteiger partial charge < -0.3 is 5.32 Å². The molecule has 2 atom stereocenters. The first-order chi connectivity index (χ1) is 10.8. The van der Waals surface area contributed by atoms with E-state index in [9.17, 15) is 9.18 Å². The fourth-order valence-corrected chi connectivity index (χ4v) is 2.53. The molecule has 1 saturated carbocycles. The second-order valence-electron chi connectivity index (χ2n) is 5.36. The SMILES string of the molecule is O=C(NCC#Cc1ccccc1)C1CC1c1ccccc1F. The molecule has 2 aromatic rings. The van der Waals surface area contributed by atoms with Crippen molar-refractivity contribution in [2.45, 2.75) is 12.3 Å². The maximum absolute atomic E-state index is 13.7. The third-order valence-corrected chi connectivity index (χ3v) is 3.79. The van der Waals surface area contributed by atoms with Gasteiger partial charge in [-0.3, -0.25) is 4.79 Å². The quantitative estimate of drug-likeness (QED) is 0.866. The Kier molecular flexibility index (Phi) is 4.20. The minimum absolute atomic E-state index is 0.00304. The van der Waals surface area contributed by atoms with Gasteiger partial charge in [0.05, 0.1) is 6.54 Å². The number of carbonyl (C=O) groups excluding carboxylic acids is 1. The van der Waals surface area contributed by atoms with E-state index < -0.39 is 0 Å². The van der Waals surface area contributed by atoms with Crippen molar-refractivity contribution in [2.75, 3.05) is 6.54 Å². The first-order valence-electron chi connectivity index (χ1n) is 7.32. The summed E-state index contributed by atoms with van der Waals surface area (Å²) >= 11 is 0. The second kappa shape index (κ2) is 6.44. The van der Waals surface area contributed by atoms with Crippen LogP contribution in [0.1, 0.15) is 23.5 Å². The summed E-state index contributed by atoms with van der Waals surface area (Å²) in [4.78, 5) is 12.0. The molecule has 1 fully saturated rings. The molecule has 2 nitrogen and oxygen atoms in total. The van der Waals surface area contributed by atoms with Crippen molar-refractivity contribution in [3.05, 3.63) is 71.5 Å². The van der Waals surface area contributed by atoms with Gasteiger partial charge in [-0.1, -0.05) is 48.2 Å². The molecule has 0 heterocycles. The van der Waals surface area contributed by atoms with Crippen LogP contribution in [0.4, 0.5) is 4.39 Å². The molecule has 22 heavy (non-hydrogen) atoms. The van der Waals surface area contributed by atoms with Gasteiger partial charge in [-0.2, -0.15) is 0 Å². The van der Waals surface area contributed by atoms with Crippen LogP contribution in [0.25, 0.3) is 0 Å². The molecule has 0 spiro atoms. The van der Waals surface area contributed by atoms with E-state index in [4.69, 9.17) is 0 Å². The summed E-state index contributed by atoms with van der Waals surface area (Å²) in [6, 6.07) is 16.3. The molecule has 2 aromatic carbocycles. The number of hydrogen-bond acceptors (Lipinski definition) is 1. The fourth-order valence-electron chi connectivity index (χ4n) is 2.53. The number of benzene rings is 2. The molecule has 1 aliphatic carbocycles. The lowest BCUT2D eigenvalue weighted by molar-refractivity contribution is -0.122. The third-order valence-electron chi connectivity index (χ3n) is 3.79. The molecule has 0 bridgehead atoms. The zero-order chi connectivity index (χ0) is 15.4. The van der Waals surface area contributed by atoms with E-state index in [1.165, 1.54) is 6.07 Å². The van der Waals surface area contributed by atoms with E-state index in [1.807, 2.05) is 30.3 Å². The number of rotatable bonds is 3.